The van der Waals surface area contributed by atoms with Crippen molar-refractivity contribution in [1.82, 2.24) is 0 Å². The Morgan fingerprint density at radius 2 is 1.83 bits per heavy atom. The van der Waals surface area contributed by atoms with Gasteiger partial charge in [-0.2, -0.15) is 0 Å². The number of hydrogen-bond acceptors (Lipinski definition) is 5. The smallest absolute Gasteiger partial charge is 0.348 e. The Bertz CT molecular complexity index is 1150. The van der Waals surface area contributed by atoms with Gasteiger partial charge in [0.1, 0.15) is 10.6 Å². The maximum atomic E-state index is 12.6. The number of carbonyl (C=O) groups excluding carboxylic acids is 2. The van der Waals surface area contributed by atoms with Crippen LogP contribution in [-0.4, -0.2) is 32.1 Å². The molecular formula is C24H21NO4S. The van der Waals surface area contributed by atoms with Gasteiger partial charge in [-0.15, -0.1) is 11.3 Å². The number of benzene rings is 2. The Kier molecular flexibility index (Phi) is 4.79. The molecular weight excluding hydrogens is 398 g/mol. The molecule has 0 unspecified atom stereocenters. The van der Waals surface area contributed by atoms with Crippen molar-refractivity contribution in [2.45, 2.75) is 19.3 Å². The average molecular weight is 420 g/mol. The lowest BCUT2D eigenvalue weighted by molar-refractivity contribution is -0.121. The number of aryl methyl sites for hydroxylation is 2. The lowest BCUT2D eigenvalue weighted by atomic mass is 9.91. The SMILES string of the molecule is COc1ccc2c(c1)CCc1cc(C(=O)OCC(=O)N3CCc4ccccc43)sc1-2. The molecule has 2 aliphatic rings. The van der Waals surface area contributed by atoms with E-state index in [0.29, 0.717) is 11.4 Å². The van der Waals surface area contributed by atoms with Crippen LogP contribution in [0, 0.1) is 0 Å². The summed E-state index contributed by atoms with van der Waals surface area (Å²) in [7, 11) is 1.66. The zero-order valence-corrected chi connectivity index (χ0v) is 17.5. The predicted octanol–water partition coefficient (Wildman–Crippen LogP) is 4.27. The van der Waals surface area contributed by atoms with Crippen LogP contribution in [0.25, 0.3) is 10.4 Å². The number of carbonyl (C=O) groups is 2. The first-order chi connectivity index (χ1) is 14.6. The minimum atomic E-state index is -0.440. The molecule has 5 nitrogen and oxygen atoms in total. The minimum Gasteiger partial charge on any atom is -0.497 e. The molecule has 1 aliphatic carbocycles. The summed E-state index contributed by atoms with van der Waals surface area (Å²) in [6.45, 7) is 0.382. The van der Waals surface area contributed by atoms with Crippen molar-refractivity contribution in [2.24, 2.45) is 0 Å². The summed E-state index contributed by atoms with van der Waals surface area (Å²) in [5, 5.41) is 0. The van der Waals surface area contributed by atoms with Gasteiger partial charge in [0.2, 0.25) is 0 Å². The molecule has 0 spiro atoms. The van der Waals surface area contributed by atoms with Gasteiger partial charge in [-0.3, -0.25) is 4.79 Å². The number of esters is 1. The van der Waals surface area contributed by atoms with Crippen LogP contribution in [0.4, 0.5) is 5.69 Å². The zero-order chi connectivity index (χ0) is 20.7. The Morgan fingerprint density at radius 1 is 1.00 bits per heavy atom. The first-order valence-electron chi connectivity index (χ1n) is 9.99. The van der Waals surface area contributed by atoms with Gasteiger partial charge in [-0.1, -0.05) is 18.2 Å². The van der Waals surface area contributed by atoms with Crippen molar-refractivity contribution in [3.05, 3.63) is 70.1 Å². The molecule has 1 amide bonds. The second-order valence-electron chi connectivity index (χ2n) is 7.49. The number of para-hydroxylation sites is 1. The van der Waals surface area contributed by atoms with Crippen LogP contribution in [0.3, 0.4) is 0 Å². The first-order valence-corrected chi connectivity index (χ1v) is 10.8. The van der Waals surface area contributed by atoms with Crippen LogP contribution < -0.4 is 9.64 Å². The number of hydrogen-bond donors (Lipinski definition) is 0. The van der Waals surface area contributed by atoms with Crippen LogP contribution in [0.15, 0.2) is 48.5 Å². The van der Waals surface area contributed by atoms with Crippen molar-refractivity contribution in [1.29, 1.82) is 0 Å². The fraction of sp³-hybridized carbons (Fsp3) is 0.250. The minimum absolute atomic E-state index is 0.188. The monoisotopic (exact) mass is 419 g/mol. The number of thiophene rings is 1. The molecule has 1 aromatic heterocycles. The lowest BCUT2D eigenvalue weighted by Gasteiger charge is -2.17. The highest BCUT2D eigenvalue weighted by Crippen LogP contribution is 2.41. The van der Waals surface area contributed by atoms with E-state index in [1.54, 1.807) is 12.0 Å². The summed E-state index contributed by atoms with van der Waals surface area (Å²) in [5.74, 6) is 0.216. The molecule has 152 valence electrons. The van der Waals surface area contributed by atoms with E-state index in [2.05, 4.69) is 6.07 Å². The molecule has 1 aliphatic heterocycles. The number of amides is 1. The van der Waals surface area contributed by atoms with Gasteiger partial charge in [-0.25, -0.2) is 4.79 Å². The van der Waals surface area contributed by atoms with Crippen molar-refractivity contribution < 1.29 is 19.1 Å². The molecule has 30 heavy (non-hydrogen) atoms. The molecule has 2 heterocycles. The topological polar surface area (TPSA) is 55.8 Å². The van der Waals surface area contributed by atoms with Crippen LogP contribution in [0.5, 0.6) is 5.75 Å². The van der Waals surface area contributed by atoms with E-state index in [1.165, 1.54) is 16.9 Å². The molecule has 0 N–H and O–H groups in total. The molecule has 0 radical (unpaired) electrons. The second kappa shape index (κ2) is 7.61. The van der Waals surface area contributed by atoms with Gasteiger partial charge < -0.3 is 14.4 Å². The van der Waals surface area contributed by atoms with Crippen LogP contribution in [0.2, 0.25) is 0 Å². The molecule has 2 aromatic carbocycles. The third kappa shape index (κ3) is 3.27. The van der Waals surface area contributed by atoms with Crippen LogP contribution in [0.1, 0.15) is 26.4 Å². The molecule has 0 saturated heterocycles. The second-order valence-corrected chi connectivity index (χ2v) is 8.54. The summed E-state index contributed by atoms with van der Waals surface area (Å²) in [4.78, 5) is 28.6. The highest BCUT2D eigenvalue weighted by Gasteiger charge is 2.26. The molecule has 0 saturated carbocycles. The van der Waals surface area contributed by atoms with Crippen molar-refractivity contribution in [3.63, 3.8) is 0 Å². The molecule has 0 atom stereocenters. The highest BCUT2D eigenvalue weighted by molar-refractivity contribution is 7.17. The van der Waals surface area contributed by atoms with Gasteiger partial charge in [0.05, 0.1) is 7.11 Å². The summed E-state index contributed by atoms with van der Waals surface area (Å²) in [6, 6.07) is 15.8. The quantitative estimate of drug-likeness (QED) is 0.593. The third-order valence-corrected chi connectivity index (χ3v) is 6.94. The van der Waals surface area contributed by atoms with E-state index in [4.69, 9.17) is 9.47 Å². The van der Waals surface area contributed by atoms with E-state index in [9.17, 15) is 9.59 Å². The lowest BCUT2D eigenvalue weighted by Crippen LogP contribution is -2.33. The van der Waals surface area contributed by atoms with Crippen molar-refractivity contribution >= 4 is 28.9 Å². The Labute approximate surface area is 178 Å². The van der Waals surface area contributed by atoms with E-state index < -0.39 is 5.97 Å². The number of nitrogens with zero attached hydrogens (tertiary/aromatic N) is 1. The van der Waals surface area contributed by atoms with Gasteiger partial charge in [0, 0.05) is 17.1 Å². The normalized spacial score (nSPS) is 14.0. The number of ether oxygens (including phenoxy) is 2. The Balaban J connectivity index is 1.29. The Morgan fingerprint density at radius 3 is 2.70 bits per heavy atom. The molecule has 0 fully saturated rings. The molecule has 6 heteroatoms. The standard InChI is InChI=1S/C24H21NO4S/c1-28-18-8-9-19-16(12-18)6-7-17-13-21(30-23(17)19)24(27)29-14-22(26)25-11-10-15-4-2-3-5-20(15)25/h2-5,8-9,12-13H,6-7,10-11,14H2,1H3. The third-order valence-electron chi connectivity index (χ3n) is 5.75. The number of anilines is 1. The van der Waals surface area contributed by atoms with Crippen molar-refractivity contribution in [3.8, 4) is 16.2 Å². The number of fused-ring (bicyclic) bond motifs is 4. The number of rotatable bonds is 4. The van der Waals surface area contributed by atoms with Crippen molar-refractivity contribution in [2.75, 3.05) is 25.2 Å². The summed E-state index contributed by atoms with van der Waals surface area (Å²) < 4.78 is 10.7. The fourth-order valence-electron chi connectivity index (χ4n) is 4.21. The van der Waals surface area contributed by atoms with E-state index in [1.807, 2.05) is 42.5 Å². The average Bonchev–Trinajstić information content (AvgIpc) is 3.41. The highest BCUT2D eigenvalue weighted by atomic mass is 32.1. The first kappa shape index (κ1) is 18.9. The van der Waals surface area contributed by atoms with E-state index in [0.717, 1.165) is 52.3 Å². The van der Waals surface area contributed by atoms with Gasteiger partial charge in [0.25, 0.3) is 5.91 Å². The molecule has 0 bridgehead atoms. The van der Waals surface area contributed by atoms with Gasteiger partial charge >= 0.3 is 5.97 Å². The summed E-state index contributed by atoms with van der Waals surface area (Å²) in [6.07, 6.45) is 2.62. The van der Waals surface area contributed by atoms with Crippen LogP contribution >= 0.6 is 11.3 Å². The maximum Gasteiger partial charge on any atom is 0.348 e. The summed E-state index contributed by atoms with van der Waals surface area (Å²) >= 11 is 1.43. The van der Waals surface area contributed by atoms with Crippen LogP contribution in [-0.2, 0) is 28.8 Å². The van der Waals surface area contributed by atoms with Gasteiger partial charge in [-0.05, 0) is 71.8 Å². The van der Waals surface area contributed by atoms with Gasteiger partial charge in [0.15, 0.2) is 6.61 Å². The van der Waals surface area contributed by atoms with E-state index >= 15 is 0 Å². The fourth-order valence-corrected chi connectivity index (χ4v) is 5.38. The Hall–Kier alpha value is -3.12. The molecule has 3 aromatic rings. The maximum absolute atomic E-state index is 12.6. The molecule has 5 rings (SSSR count). The number of methoxy groups -OCH3 is 1. The van der Waals surface area contributed by atoms with E-state index in [-0.39, 0.29) is 12.5 Å². The summed E-state index contributed by atoms with van der Waals surface area (Å²) in [5.41, 5.74) is 5.59. The predicted molar refractivity (Wildman–Crippen MR) is 116 cm³/mol. The zero-order valence-electron chi connectivity index (χ0n) is 16.6. The largest absolute Gasteiger partial charge is 0.497 e.